The van der Waals surface area contributed by atoms with Crippen molar-refractivity contribution in [3.63, 3.8) is 0 Å². The minimum absolute atomic E-state index is 0.0764. The minimum atomic E-state index is -3.66. The molecule has 142 valence electrons. The van der Waals surface area contributed by atoms with E-state index in [4.69, 9.17) is 14.7 Å². The summed E-state index contributed by atoms with van der Waals surface area (Å²) in [5.74, 6) is -0.408. The van der Waals surface area contributed by atoms with E-state index < -0.39 is 16.0 Å². The fraction of sp³-hybridized carbons (Fsp3) is 0.412. The molecule has 0 radical (unpaired) electrons. The van der Waals surface area contributed by atoms with Gasteiger partial charge in [0.1, 0.15) is 11.8 Å². The predicted octanol–water partition coefficient (Wildman–Crippen LogP) is 2.11. The minimum Gasteiger partial charge on any atom is -0.495 e. The molecule has 0 fully saturated rings. The molecule has 0 saturated carbocycles. The zero-order valence-electron chi connectivity index (χ0n) is 15.3. The number of nitrogens with one attached hydrogen (secondary N) is 1. The molecule has 1 aromatic rings. The highest BCUT2D eigenvalue weighted by atomic mass is 32.2. The summed E-state index contributed by atoms with van der Waals surface area (Å²) in [6, 6.07) is 6.07. The summed E-state index contributed by atoms with van der Waals surface area (Å²) in [5.41, 5.74) is 0.0590. The van der Waals surface area contributed by atoms with E-state index in [-0.39, 0.29) is 17.1 Å². The van der Waals surface area contributed by atoms with Crippen LogP contribution in [0.1, 0.15) is 20.8 Å². The lowest BCUT2D eigenvalue weighted by Crippen LogP contribution is -2.30. The summed E-state index contributed by atoms with van der Waals surface area (Å²) in [4.78, 5) is 11.7. The van der Waals surface area contributed by atoms with Crippen LogP contribution in [0.4, 0.5) is 5.69 Å². The molecule has 0 heterocycles. The number of carbonyl (C=O) groups excluding carboxylic acids is 1. The lowest BCUT2D eigenvalue weighted by Gasteiger charge is -2.19. The topological polar surface area (TPSA) is 109 Å². The molecule has 0 aliphatic rings. The van der Waals surface area contributed by atoms with Crippen molar-refractivity contribution >= 4 is 21.7 Å². The van der Waals surface area contributed by atoms with Crippen LogP contribution in [-0.4, -0.2) is 45.5 Å². The van der Waals surface area contributed by atoms with Crippen molar-refractivity contribution in [2.24, 2.45) is 0 Å². The molecule has 0 aliphatic carbocycles. The number of nitriles is 1. The van der Waals surface area contributed by atoms with E-state index in [1.54, 1.807) is 26.8 Å². The Balaban J connectivity index is 3.27. The van der Waals surface area contributed by atoms with Gasteiger partial charge in [-0.2, -0.15) is 9.57 Å². The summed E-state index contributed by atoms with van der Waals surface area (Å²) in [5, 5.41) is 11.8. The molecule has 8 nitrogen and oxygen atoms in total. The molecule has 9 heteroatoms. The van der Waals surface area contributed by atoms with E-state index in [2.05, 4.69) is 5.32 Å². The largest absolute Gasteiger partial charge is 0.495 e. The van der Waals surface area contributed by atoms with E-state index in [9.17, 15) is 13.2 Å². The molecule has 0 saturated heterocycles. The molecular weight excluding hydrogens is 358 g/mol. The Kier molecular flexibility index (Phi) is 8.09. The van der Waals surface area contributed by atoms with Gasteiger partial charge < -0.3 is 14.8 Å². The number of ether oxygens (including phenoxy) is 2. The summed E-state index contributed by atoms with van der Waals surface area (Å²) in [6.45, 7) is 5.96. The second-order valence-electron chi connectivity index (χ2n) is 4.99. The first kappa shape index (κ1) is 21.5. The molecule has 1 rings (SSSR count). The van der Waals surface area contributed by atoms with E-state index in [1.165, 1.54) is 29.6 Å². The third-order valence-electron chi connectivity index (χ3n) is 3.50. The molecule has 26 heavy (non-hydrogen) atoms. The normalized spacial score (nSPS) is 11.8. The van der Waals surface area contributed by atoms with E-state index >= 15 is 0 Å². The van der Waals surface area contributed by atoms with Gasteiger partial charge in [-0.3, -0.25) is 0 Å². The molecule has 1 aromatic carbocycles. The third kappa shape index (κ3) is 4.97. The maximum absolute atomic E-state index is 12.6. The zero-order valence-corrected chi connectivity index (χ0v) is 16.1. The van der Waals surface area contributed by atoms with Gasteiger partial charge in [0.2, 0.25) is 10.0 Å². The predicted molar refractivity (Wildman–Crippen MR) is 97.1 cm³/mol. The number of nitrogens with zero attached hydrogens (tertiary/aromatic N) is 2. The van der Waals surface area contributed by atoms with Gasteiger partial charge in [-0.25, -0.2) is 13.2 Å². The smallest absolute Gasteiger partial charge is 0.350 e. The van der Waals surface area contributed by atoms with E-state index in [1.807, 2.05) is 0 Å². The number of hydrogen-bond acceptors (Lipinski definition) is 7. The highest BCUT2D eigenvalue weighted by Crippen LogP contribution is 2.29. The van der Waals surface area contributed by atoms with Gasteiger partial charge in [0.25, 0.3) is 0 Å². The van der Waals surface area contributed by atoms with Crippen LogP contribution in [0, 0.1) is 11.3 Å². The van der Waals surface area contributed by atoms with Crippen molar-refractivity contribution in [2.45, 2.75) is 25.7 Å². The van der Waals surface area contributed by atoms with E-state index in [0.717, 1.165) is 6.20 Å². The summed E-state index contributed by atoms with van der Waals surface area (Å²) < 4.78 is 36.6. The Bertz CT molecular complexity index is 808. The Hall–Kier alpha value is -2.57. The molecule has 0 aliphatic heterocycles. The fourth-order valence-corrected chi connectivity index (χ4v) is 3.65. The van der Waals surface area contributed by atoms with Crippen LogP contribution in [0.25, 0.3) is 0 Å². The van der Waals surface area contributed by atoms with Gasteiger partial charge in [-0.05, 0) is 25.1 Å². The first-order valence-corrected chi connectivity index (χ1v) is 9.51. The Labute approximate surface area is 154 Å². The molecule has 0 unspecified atom stereocenters. The SMILES string of the molecule is CCOC(=O)/C(C#N)=C/Nc1cc(S(=O)(=O)N(CC)CC)ccc1OC. The third-order valence-corrected chi connectivity index (χ3v) is 5.55. The molecule has 0 aromatic heterocycles. The second-order valence-corrected chi connectivity index (χ2v) is 6.92. The quantitative estimate of drug-likeness (QED) is 0.396. The number of rotatable bonds is 9. The number of esters is 1. The van der Waals surface area contributed by atoms with E-state index in [0.29, 0.717) is 24.5 Å². The highest BCUT2D eigenvalue weighted by molar-refractivity contribution is 7.89. The highest BCUT2D eigenvalue weighted by Gasteiger charge is 2.22. The zero-order chi connectivity index (χ0) is 19.7. The van der Waals surface area contributed by atoms with Crippen molar-refractivity contribution in [3.05, 3.63) is 30.0 Å². The lowest BCUT2D eigenvalue weighted by molar-refractivity contribution is -0.138. The number of carbonyl (C=O) groups is 1. The van der Waals surface area contributed by atoms with Gasteiger partial charge in [0.05, 0.1) is 24.3 Å². The second kappa shape index (κ2) is 9.79. The van der Waals surface area contributed by atoms with Gasteiger partial charge >= 0.3 is 5.97 Å². The summed E-state index contributed by atoms with van der Waals surface area (Å²) in [6.07, 6.45) is 1.16. The fourth-order valence-electron chi connectivity index (χ4n) is 2.17. The Morgan fingerprint density at radius 3 is 2.46 bits per heavy atom. The number of benzene rings is 1. The van der Waals surface area contributed by atoms with Gasteiger partial charge in [-0.1, -0.05) is 13.8 Å². The molecule has 0 bridgehead atoms. The van der Waals surface area contributed by atoms with Gasteiger partial charge in [-0.15, -0.1) is 0 Å². The van der Waals surface area contributed by atoms with Crippen LogP contribution in [0.3, 0.4) is 0 Å². The number of anilines is 1. The van der Waals surface area contributed by atoms with Crippen molar-refractivity contribution in [2.75, 3.05) is 32.1 Å². The van der Waals surface area contributed by atoms with Crippen LogP contribution >= 0.6 is 0 Å². The van der Waals surface area contributed by atoms with Crippen molar-refractivity contribution in [3.8, 4) is 11.8 Å². The lowest BCUT2D eigenvalue weighted by atomic mass is 10.2. The van der Waals surface area contributed by atoms with Crippen LogP contribution in [0.5, 0.6) is 5.75 Å². The van der Waals surface area contributed by atoms with Gasteiger partial charge in [0.15, 0.2) is 5.57 Å². The van der Waals surface area contributed by atoms with Crippen LogP contribution in [0.15, 0.2) is 34.9 Å². The molecule has 1 N–H and O–H groups in total. The van der Waals surface area contributed by atoms with Crippen LogP contribution < -0.4 is 10.1 Å². The first-order valence-electron chi connectivity index (χ1n) is 8.07. The maximum Gasteiger partial charge on any atom is 0.350 e. The molecule has 0 atom stereocenters. The average Bonchev–Trinajstić information content (AvgIpc) is 2.63. The van der Waals surface area contributed by atoms with Gasteiger partial charge in [0, 0.05) is 19.3 Å². The Morgan fingerprint density at radius 2 is 1.96 bits per heavy atom. The van der Waals surface area contributed by atoms with Crippen LogP contribution in [0.2, 0.25) is 0 Å². The number of sulfonamides is 1. The first-order chi connectivity index (χ1) is 12.3. The standard InChI is InChI=1S/C17H23N3O5S/c1-5-20(6-2)26(22,23)14-8-9-16(24-4)15(10-14)19-12-13(11-18)17(21)25-7-3/h8-10,12,19H,5-7H2,1-4H3/b13-12+. The molecular formula is C17H23N3O5S. The average molecular weight is 381 g/mol. The van der Waals surface area contributed by atoms with Crippen LogP contribution in [-0.2, 0) is 19.6 Å². The molecule has 0 spiro atoms. The number of methoxy groups -OCH3 is 1. The number of hydrogen-bond donors (Lipinski definition) is 1. The van der Waals surface area contributed by atoms with Crippen molar-refractivity contribution in [1.82, 2.24) is 4.31 Å². The summed E-state index contributed by atoms with van der Waals surface area (Å²) in [7, 11) is -2.23. The maximum atomic E-state index is 12.6. The molecule has 0 amide bonds. The van der Waals surface area contributed by atoms with Crippen molar-refractivity contribution in [1.29, 1.82) is 5.26 Å². The Morgan fingerprint density at radius 1 is 1.31 bits per heavy atom. The van der Waals surface area contributed by atoms with Crippen molar-refractivity contribution < 1.29 is 22.7 Å². The monoisotopic (exact) mass is 381 g/mol. The summed E-state index contributed by atoms with van der Waals surface area (Å²) >= 11 is 0.